The predicted octanol–water partition coefficient (Wildman–Crippen LogP) is 1.57. The molecule has 1 heterocycles. The van der Waals surface area contributed by atoms with Crippen LogP contribution in [0.4, 0.5) is 4.39 Å². The Balaban J connectivity index is 2.46. The van der Waals surface area contributed by atoms with Gasteiger partial charge < -0.3 is 15.8 Å². The summed E-state index contributed by atoms with van der Waals surface area (Å²) in [6.45, 7) is 1.82. The van der Waals surface area contributed by atoms with E-state index in [1.165, 1.54) is 12.1 Å². The van der Waals surface area contributed by atoms with Crippen molar-refractivity contribution in [3.05, 3.63) is 35.3 Å². The number of hydrogen-bond acceptors (Lipinski definition) is 2. The number of nitrogens with two attached hydrogens (primary N) is 1. The summed E-state index contributed by atoms with van der Waals surface area (Å²) in [6, 6.07) is 3.43. The van der Waals surface area contributed by atoms with Crippen LogP contribution in [0.5, 0.6) is 0 Å². The molecule has 4 N–H and O–H groups in total. The van der Waals surface area contributed by atoms with Crippen LogP contribution in [0.2, 0.25) is 0 Å². The Morgan fingerprint density at radius 3 is 2.94 bits per heavy atom. The Morgan fingerprint density at radius 1 is 1.59 bits per heavy atom. The first kappa shape index (κ1) is 11.6. The standard InChI is InChI=1S/C12H13FN2O2/c1-6-9(5-10(14)12(16)17)8-3-2-7(13)4-11(8)15-6/h2-4,10,15H,5,14H2,1H3,(H,16,17). The SMILES string of the molecule is Cc1[nH]c2cc(F)ccc2c1CC(N)C(=O)O. The van der Waals surface area contributed by atoms with Crippen LogP contribution in [0.1, 0.15) is 11.3 Å². The molecular weight excluding hydrogens is 223 g/mol. The normalized spacial score (nSPS) is 12.9. The number of nitrogens with one attached hydrogen (secondary N) is 1. The molecule has 90 valence electrons. The van der Waals surface area contributed by atoms with Crippen LogP contribution < -0.4 is 5.73 Å². The van der Waals surface area contributed by atoms with E-state index in [0.29, 0.717) is 5.52 Å². The van der Waals surface area contributed by atoms with Crippen molar-refractivity contribution in [2.24, 2.45) is 5.73 Å². The molecule has 1 atom stereocenters. The first-order chi connectivity index (χ1) is 7.99. The predicted molar refractivity (Wildman–Crippen MR) is 62.3 cm³/mol. The molecule has 0 aliphatic heterocycles. The Hall–Kier alpha value is -1.88. The zero-order valence-electron chi connectivity index (χ0n) is 9.33. The lowest BCUT2D eigenvalue weighted by Crippen LogP contribution is -2.32. The van der Waals surface area contributed by atoms with Crippen molar-refractivity contribution in [1.29, 1.82) is 0 Å². The largest absolute Gasteiger partial charge is 0.480 e. The maximum Gasteiger partial charge on any atom is 0.320 e. The third kappa shape index (κ3) is 2.14. The summed E-state index contributed by atoms with van der Waals surface area (Å²) in [6.07, 6.45) is 0.229. The second-order valence-corrected chi connectivity index (χ2v) is 4.07. The van der Waals surface area contributed by atoms with Crippen molar-refractivity contribution in [2.45, 2.75) is 19.4 Å². The molecule has 1 aromatic heterocycles. The van der Waals surface area contributed by atoms with E-state index >= 15 is 0 Å². The highest BCUT2D eigenvalue weighted by Gasteiger charge is 2.17. The van der Waals surface area contributed by atoms with Crippen LogP contribution in [-0.4, -0.2) is 22.1 Å². The Bertz CT molecular complexity index is 577. The molecule has 0 fully saturated rings. The Kier molecular flexibility index (Phi) is 2.85. The fourth-order valence-electron chi connectivity index (χ4n) is 1.93. The highest BCUT2D eigenvalue weighted by atomic mass is 19.1. The van der Waals surface area contributed by atoms with Gasteiger partial charge in [0.1, 0.15) is 11.9 Å². The van der Waals surface area contributed by atoms with Crippen molar-refractivity contribution in [1.82, 2.24) is 4.98 Å². The lowest BCUT2D eigenvalue weighted by molar-refractivity contribution is -0.138. The van der Waals surface area contributed by atoms with E-state index in [1.54, 1.807) is 6.07 Å². The second-order valence-electron chi connectivity index (χ2n) is 4.07. The number of H-pyrrole nitrogens is 1. The van der Waals surface area contributed by atoms with Gasteiger partial charge >= 0.3 is 5.97 Å². The molecule has 0 spiro atoms. The molecule has 17 heavy (non-hydrogen) atoms. The summed E-state index contributed by atoms with van der Waals surface area (Å²) in [5, 5.41) is 9.61. The van der Waals surface area contributed by atoms with Crippen molar-refractivity contribution in [3.8, 4) is 0 Å². The number of aromatic amines is 1. The van der Waals surface area contributed by atoms with Gasteiger partial charge in [-0.05, 0) is 30.7 Å². The number of halogens is 1. The lowest BCUT2D eigenvalue weighted by Gasteiger charge is -2.06. The van der Waals surface area contributed by atoms with Gasteiger partial charge in [0.05, 0.1) is 0 Å². The lowest BCUT2D eigenvalue weighted by atomic mass is 10.0. The highest BCUT2D eigenvalue weighted by molar-refractivity contribution is 5.85. The number of rotatable bonds is 3. The summed E-state index contributed by atoms with van der Waals surface area (Å²) < 4.78 is 13.0. The van der Waals surface area contributed by atoms with Crippen molar-refractivity contribution in [2.75, 3.05) is 0 Å². The van der Waals surface area contributed by atoms with Crippen molar-refractivity contribution < 1.29 is 14.3 Å². The van der Waals surface area contributed by atoms with E-state index in [2.05, 4.69) is 4.98 Å². The van der Waals surface area contributed by atoms with Gasteiger partial charge in [-0.3, -0.25) is 4.79 Å². The summed E-state index contributed by atoms with van der Waals surface area (Å²) in [5.41, 5.74) is 7.82. The smallest absolute Gasteiger partial charge is 0.320 e. The van der Waals surface area contributed by atoms with Gasteiger partial charge in [-0.1, -0.05) is 0 Å². The molecule has 2 rings (SSSR count). The molecular formula is C12H13FN2O2. The number of benzene rings is 1. The Labute approximate surface area is 97.2 Å². The van der Waals surface area contributed by atoms with Gasteiger partial charge in [-0.25, -0.2) is 4.39 Å². The van der Waals surface area contributed by atoms with Gasteiger partial charge in [0.15, 0.2) is 0 Å². The average molecular weight is 236 g/mol. The molecule has 0 saturated carbocycles. The highest BCUT2D eigenvalue weighted by Crippen LogP contribution is 2.23. The number of carboxylic acid groups (broad SMARTS) is 1. The topological polar surface area (TPSA) is 79.1 Å². The van der Waals surface area contributed by atoms with Crippen LogP contribution in [0, 0.1) is 12.7 Å². The van der Waals surface area contributed by atoms with Gasteiger partial charge in [-0.15, -0.1) is 0 Å². The van der Waals surface area contributed by atoms with Crippen LogP contribution in [0.15, 0.2) is 18.2 Å². The average Bonchev–Trinajstić information content (AvgIpc) is 2.54. The second kappa shape index (κ2) is 4.18. The van der Waals surface area contributed by atoms with E-state index in [9.17, 15) is 9.18 Å². The van der Waals surface area contributed by atoms with Crippen LogP contribution in [0.3, 0.4) is 0 Å². The maximum atomic E-state index is 13.0. The summed E-state index contributed by atoms with van der Waals surface area (Å²) >= 11 is 0. The van der Waals surface area contributed by atoms with Gasteiger partial charge in [0.2, 0.25) is 0 Å². The fraction of sp³-hybridized carbons (Fsp3) is 0.250. The molecule has 0 amide bonds. The van der Waals surface area contributed by atoms with E-state index in [1.807, 2.05) is 6.92 Å². The van der Waals surface area contributed by atoms with E-state index < -0.39 is 12.0 Å². The van der Waals surface area contributed by atoms with Crippen molar-refractivity contribution in [3.63, 3.8) is 0 Å². The molecule has 1 aromatic carbocycles. The van der Waals surface area contributed by atoms with Crippen LogP contribution in [-0.2, 0) is 11.2 Å². The molecule has 0 aliphatic rings. The van der Waals surface area contributed by atoms with Crippen LogP contribution in [0.25, 0.3) is 10.9 Å². The van der Waals surface area contributed by atoms with Crippen LogP contribution >= 0.6 is 0 Å². The molecule has 4 nitrogen and oxygen atoms in total. The zero-order valence-corrected chi connectivity index (χ0v) is 9.33. The Morgan fingerprint density at radius 2 is 2.29 bits per heavy atom. The third-order valence-corrected chi connectivity index (χ3v) is 2.82. The van der Waals surface area contributed by atoms with Gasteiger partial charge in [0.25, 0.3) is 0 Å². The minimum Gasteiger partial charge on any atom is -0.480 e. The minimum absolute atomic E-state index is 0.229. The fourth-order valence-corrected chi connectivity index (χ4v) is 1.93. The first-order valence-electron chi connectivity index (χ1n) is 5.24. The number of aromatic nitrogens is 1. The van der Waals surface area contributed by atoms with Gasteiger partial charge in [0, 0.05) is 23.0 Å². The van der Waals surface area contributed by atoms with E-state index in [0.717, 1.165) is 16.6 Å². The summed E-state index contributed by atoms with van der Waals surface area (Å²) in [7, 11) is 0. The molecule has 5 heteroatoms. The first-order valence-corrected chi connectivity index (χ1v) is 5.24. The van der Waals surface area contributed by atoms with Crippen molar-refractivity contribution >= 4 is 16.9 Å². The zero-order chi connectivity index (χ0) is 12.6. The molecule has 2 aromatic rings. The number of carbonyl (C=O) groups is 1. The number of fused-ring (bicyclic) bond motifs is 1. The molecule has 1 unspecified atom stereocenters. The third-order valence-electron chi connectivity index (χ3n) is 2.82. The van der Waals surface area contributed by atoms with Gasteiger partial charge in [-0.2, -0.15) is 0 Å². The molecule has 0 radical (unpaired) electrons. The summed E-state index contributed by atoms with van der Waals surface area (Å²) in [5.74, 6) is -1.37. The summed E-state index contributed by atoms with van der Waals surface area (Å²) in [4.78, 5) is 13.8. The molecule has 0 aliphatic carbocycles. The maximum absolute atomic E-state index is 13.0. The quantitative estimate of drug-likeness (QED) is 0.756. The monoisotopic (exact) mass is 236 g/mol. The number of aryl methyl sites for hydroxylation is 1. The number of hydrogen-bond donors (Lipinski definition) is 3. The molecule has 0 bridgehead atoms. The van der Waals surface area contributed by atoms with E-state index in [-0.39, 0.29) is 12.2 Å². The number of aliphatic carboxylic acids is 1. The minimum atomic E-state index is -1.04. The molecule has 0 saturated heterocycles. The van der Waals surface area contributed by atoms with E-state index in [4.69, 9.17) is 10.8 Å². The number of carboxylic acids is 1.